The average molecular weight is 198 g/mol. The normalized spacial score (nSPS) is 16.4. The van der Waals surface area contributed by atoms with Crippen LogP contribution in [0.25, 0.3) is 0 Å². The molecule has 1 rings (SSSR count). The molecule has 0 N–H and O–H groups in total. The molecule has 14 heavy (non-hydrogen) atoms. The second kappa shape index (κ2) is 5.23. The van der Waals surface area contributed by atoms with Gasteiger partial charge in [0.25, 0.3) is 0 Å². The fourth-order valence-corrected chi connectivity index (χ4v) is 1.91. The van der Waals surface area contributed by atoms with Gasteiger partial charge in [-0.2, -0.15) is 0 Å². The van der Waals surface area contributed by atoms with Gasteiger partial charge in [-0.15, -0.1) is 0 Å². The predicted octanol–water partition coefficient (Wildman–Crippen LogP) is 2.32. The minimum absolute atomic E-state index is 0.236. The summed E-state index contributed by atoms with van der Waals surface area (Å²) in [5.74, 6) is 0. The highest BCUT2D eigenvalue weighted by molar-refractivity contribution is 5.75. The molecule has 0 atom stereocenters. The molecule has 1 aliphatic rings. The third kappa shape index (κ3) is 2.63. The van der Waals surface area contributed by atoms with Crippen molar-refractivity contribution in [2.75, 3.05) is 19.6 Å². The van der Waals surface area contributed by atoms with Gasteiger partial charge in [0.15, 0.2) is 0 Å². The summed E-state index contributed by atoms with van der Waals surface area (Å²) in [4.78, 5) is 16.0. The molecule has 0 radical (unpaired) electrons. The van der Waals surface area contributed by atoms with Crippen LogP contribution in [0.3, 0.4) is 0 Å². The Kier molecular flexibility index (Phi) is 4.23. The Bertz CT molecular complexity index is 186. The number of carbonyl (C=O) groups excluding carboxylic acids is 1. The molecule has 3 heteroatoms. The highest BCUT2D eigenvalue weighted by Gasteiger charge is 2.24. The predicted molar refractivity (Wildman–Crippen MR) is 58.3 cm³/mol. The molecule has 2 amide bonds. The Morgan fingerprint density at radius 2 is 1.93 bits per heavy atom. The molecule has 0 aromatic heterocycles. The molecule has 0 aliphatic carbocycles. The molecular weight excluding hydrogens is 176 g/mol. The van der Waals surface area contributed by atoms with Gasteiger partial charge in [-0.25, -0.2) is 4.79 Å². The zero-order valence-electron chi connectivity index (χ0n) is 9.62. The van der Waals surface area contributed by atoms with E-state index < -0.39 is 0 Å². The molecule has 0 unspecified atom stereocenters. The number of hydrogen-bond acceptors (Lipinski definition) is 1. The molecule has 1 fully saturated rings. The van der Waals surface area contributed by atoms with Crippen molar-refractivity contribution in [1.82, 2.24) is 9.80 Å². The summed E-state index contributed by atoms with van der Waals surface area (Å²) in [5, 5.41) is 0. The zero-order chi connectivity index (χ0) is 10.6. The summed E-state index contributed by atoms with van der Waals surface area (Å²) in [6.45, 7) is 9.07. The van der Waals surface area contributed by atoms with E-state index in [-0.39, 0.29) is 6.03 Å². The molecule has 3 nitrogen and oxygen atoms in total. The largest absolute Gasteiger partial charge is 0.325 e. The molecule has 1 heterocycles. The van der Waals surface area contributed by atoms with E-state index in [0.29, 0.717) is 6.04 Å². The van der Waals surface area contributed by atoms with E-state index in [1.165, 1.54) is 12.8 Å². The number of likely N-dealkylation sites (tertiary alicyclic amines) is 1. The Balaban J connectivity index is 2.53. The highest BCUT2D eigenvalue weighted by atomic mass is 16.2. The van der Waals surface area contributed by atoms with Gasteiger partial charge in [0.1, 0.15) is 0 Å². The number of nitrogens with zero attached hydrogens (tertiary/aromatic N) is 2. The van der Waals surface area contributed by atoms with Gasteiger partial charge in [-0.1, -0.05) is 6.92 Å². The second-order valence-electron chi connectivity index (χ2n) is 4.26. The van der Waals surface area contributed by atoms with E-state index in [4.69, 9.17) is 0 Å². The summed E-state index contributed by atoms with van der Waals surface area (Å²) in [6, 6.07) is 0.558. The van der Waals surface area contributed by atoms with Crippen LogP contribution in [0.15, 0.2) is 0 Å². The summed E-state index contributed by atoms with van der Waals surface area (Å²) in [7, 11) is 0. The van der Waals surface area contributed by atoms with Gasteiger partial charge >= 0.3 is 6.03 Å². The maximum atomic E-state index is 12.0. The minimum atomic E-state index is 0.236. The second-order valence-corrected chi connectivity index (χ2v) is 4.26. The van der Waals surface area contributed by atoms with Crippen molar-refractivity contribution in [3.05, 3.63) is 0 Å². The van der Waals surface area contributed by atoms with Gasteiger partial charge in [-0.3, -0.25) is 0 Å². The Morgan fingerprint density at radius 3 is 2.36 bits per heavy atom. The summed E-state index contributed by atoms with van der Waals surface area (Å²) in [5.41, 5.74) is 0. The van der Waals surface area contributed by atoms with Crippen molar-refractivity contribution in [3.8, 4) is 0 Å². The van der Waals surface area contributed by atoms with Gasteiger partial charge in [0.2, 0.25) is 0 Å². The number of hydrogen-bond donors (Lipinski definition) is 0. The average Bonchev–Trinajstić information content (AvgIpc) is 2.65. The molecule has 0 aromatic carbocycles. The van der Waals surface area contributed by atoms with E-state index in [1.807, 2.05) is 9.80 Å². The van der Waals surface area contributed by atoms with Crippen molar-refractivity contribution in [2.45, 2.75) is 46.1 Å². The van der Waals surface area contributed by atoms with E-state index in [9.17, 15) is 4.79 Å². The van der Waals surface area contributed by atoms with Crippen LogP contribution < -0.4 is 0 Å². The molecule has 1 aliphatic heterocycles. The van der Waals surface area contributed by atoms with Crippen LogP contribution >= 0.6 is 0 Å². The maximum absolute atomic E-state index is 12.0. The Hall–Kier alpha value is -0.730. The summed E-state index contributed by atoms with van der Waals surface area (Å²) in [6.07, 6.45) is 3.38. The number of urea groups is 1. The molecule has 0 bridgehead atoms. The summed E-state index contributed by atoms with van der Waals surface area (Å²) >= 11 is 0. The fourth-order valence-electron chi connectivity index (χ4n) is 1.91. The first-order chi connectivity index (χ1) is 6.66. The molecule has 0 saturated carbocycles. The Labute approximate surface area is 87.1 Å². The Morgan fingerprint density at radius 1 is 1.36 bits per heavy atom. The van der Waals surface area contributed by atoms with Gasteiger partial charge in [0, 0.05) is 25.7 Å². The minimum Gasteiger partial charge on any atom is -0.325 e. The van der Waals surface area contributed by atoms with Crippen LogP contribution in [0.5, 0.6) is 0 Å². The molecule has 0 spiro atoms. The van der Waals surface area contributed by atoms with Crippen LogP contribution in [-0.2, 0) is 0 Å². The van der Waals surface area contributed by atoms with Gasteiger partial charge in [-0.05, 0) is 33.1 Å². The van der Waals surface area contributed by atoms with E-state index in [2.05, 4.69) is 20.8 Å². The number of carbonyl (C=O) groups is 1. The summed E-state index contributed by atoms with van der Waals surface area (Å²) < 4.78 is 0. The SMILES string of the molecule is CCCN(C(=O)N1CCCC1)C(C)C. The molecular formula is C11H22N2O. The van der Waals surface area contributed by atoms with Crippen molar-refractivity contribution in [1.29, 1.82) is 0 Å². The van der Waals surface area contributed by atoms with Gasteiger partial charge in [0.05, 0.1) is 0 Å². The lowest BCUT2D eigenvalue weighted by atomic mass is 10.3. The smallest absolute Gasteiger partial charge is 0.320 e. The molecule has 1 saturated heterocycles. The highest BCUT2D eigenvalue weighted by Crippen LogP contribution is 2.12. The third-order valence-corrected chi connectivity index (χ3v) is 2.71. The standard InChI is InChI=1S/C11H22N2O/c1-4-7-13(10(2)3)11(14)12-8-5-6-9-12/h10H,4-9H2,1-3H3. The van der Waals surface area contributed by atoms with Crippen molar-refractivity contribution < 1.29 is 4.79 Å². The quantitative estimate of drug-likeness (QED) is 0.682. The topological polar surface area (TPSA) is 23.6 Å². The van der Waals surface area contributed by atoms with Crippen LogP contribution in [0.2, 0.25) is 0 Å². The molecule has 82 valence electrons. The number of rotatable bonds is 3. The maximum Gasteiger partial charge on any atom is 0.320 e. The van der Waals surface area contributed by atoms with Crippen LogP contribution in [-0.4, -0.2) is 41.5 Å². The lowest BCUT2D eigenvalue weighted by molar-refractivity contribution is 0.149. The zero-order valence-corrected chi connectivity index (χ0v) is 9.62. The van der Waals surface area contributed by atoms with E-state index >= 15 is 0 Å². The van der Waals surface area contributed by atoms with E-state index in [1.54, 1.807) is 0 Å². The monoisotopic (exact) mass is 198 g/mol. The first-order valence-electron chi connectivity index (χ1n) is 5.72. The molecule has 0 aromatic rings. The van der Waals surface area contributed by atoms with Crippen LogP contribution in [0.1, 0.15) is 40.0 Å². The third-order valence-electron chi connectivity index (χ3n) is 2.71. The van der Waals surface area contributed by atoms with Crippen molar-refractivity contribution >= 4 is 6.03 Å². The van der Waals surface area contributed by atoms with Crippen LogP contribution in [0.4, 0.5) is 4.79 Å². The lowest BCUT2D eigenvalue weighted by Gasteiger charge is -2.30. The first-order valence-corrected chi connectivity index (χ1v) is 5.72. The number of amides is 2. The fraction of sp³-hybridized carbons (Fsp3) is 0.909. The first kappa shape index (κ1) is 11.3. The van der Waals surface area contributed by atoms with Crippen molar-refractivity contribution in [2.24, 2.45) is 0 Å². The van der Waals surface area contributed by atoms with Gasteiger partial charge < -0.3 is 9.80 Å². The lowest BCUT2D eigenvalue weighted by Crippen LogP contribution is -2.45. The van der Waals surface area contributed by atoms with E-state index in [0.717, 1.165) is 26.1 Å². The van der Waals surface area contributed by atoms with Crippen molar-refractivity contribution in [3.63, 3.8) is 0 Å². The van der Waals surface area contributed by atoms with Crippen LogP contribution in [0, 0.1) is 0 Å².